The SMILES string of the molecule is O=c1c(O)c(-c2ccc3c(c2)OCO3)oc2cc(O)ccc12. The van der Waals surface area contributed by atoms with E-state index in [1.807, 2.05) is 0 Å². The lowest BCUT2D eigenvalue weighted by Gasteiger charge is -2.07. The molecule has 1 aliphatic heterocycles. The molecule has 0 saturated heterocycles. The van der Waals surface area contributed by atoms with Crippen molar-refractivity contribution in [2.75, 3.05) is 6.79 Å². The molecule has 0 unspecified atom stereocenters. The molecule has 4 rings (SSSR count). The summed E-state index contributed by atoms with van der Waals surface area (Å²) in [6.45, 7) is 0.125. The Morgan fingerprint density at radius 2 is 1.77 bits per heavy atom. The van der Waals surface area contributed by atoms with E-state index >= 15 is 0 Å². The first-order chi connectivity index (χ1) is 10.6. The highest BCUT2D eigenvalue weighted by Gasteiger charge is 2.19. The van der Waals surface area contributed by atoms with Gasteiger partial charge in [0, 0.05) is 11.6 Å². The predicted octanol–water partition coefficient (Wildman–Crippen LogP) is 2.60. The third kappa shape index (κ3) is 1.77. The van der Waals surface area contributed by atoms with Crippen LogP contribution in [0.4, 0.5) is 0 Å². The van der Waals surface area contributed by atoms with Gasteiger partial charge in [-0.3, -0.25) is 4.79 Å². The van der Waals surface area contributed by atoms with Gasteiger partial charge >= 0.3 is 0 Å². The Kier molecular flexibility index (Phi) is 2.53. The van der Waals surface area contributed by atoms with Crippen LogP contribution in [0.1, 0.15) is 0 Å². The zero-order chi connectivity index (χ0) is 15.3. The average molecular weight is 298 g/mol. The molecule has 6 heteroatoms. The van der Waals surface area contributed by atoms with E-state index in [2.05, 4.69) is 0 Å². The zero-order valence-electron chi connectivity index (χ0n) is 11.2. The molecule has 0 radical (unpaired) electrons. The zero-order valence-corrected chi connectivity index (χ0v) is 11.2. The second kappa shape index (κ2) is 4.42. The van der Waals surface area contributed by atoms with Gasteiger partial charge in [-0.15, -0.1) is 0 Å². The summed E-state index contributed by atoms with van der Waals surface area (Å²) in [5.41, 5.74) is 0.105. The first-order valence-corrected chi connectivity index (χ1v) is 6.52. The summed E-state index contributed by atoms with van der Waals surface area (Å²) >= 11 is 0. The molecule has 3 aromatic rings. The number of phenolic OH excluding ortho intramolecular Hbond substituents is 1. The van der Waals surface area contributed by atoms with E-state index in [0.717, 1.165) is 0 Å². The second-order valence-corrected chi connectivity index (χ2v) is 4.86. The monoisotopic (exact) mass is 298 g/mol. The maximum atomic E-state index is 12.2. The third-order valence-corrected chi connectivity index (χ3v) is 3.49. The van der Waals surface area contributed by atoms with E-state index in [4.69, 9.17) is 13.9 Å². The summed E-state index contributed by atoms with van der Waals surface area (Å²) in [4.78, 5) is 12.2. The molecule has 1 aromatic heterocycles. The Balaban J connectivity index is 1.98. The van der Waals surface area contributed by atoms with Crippen LogP contribution in [-0.4, -0.2) is 17.0 Å². The highest BCUT2D eigenvalue weighted by Crippen LogP contribution is 2.38. The van der Waals surface area contributed by atoms with Crippen LogP contribution in [0.25, 0.3) is 22.3 Å². The Labute approximate surface area is 123 Å². The molecule has 2 aromatic carbocycles. The van der Waals surface area contributed by atoms with Gasteiger partial charge in [0.15, 0.2) is 17.3 Å². The molecule has 0 atom stereocenters. The van der Waals surface area contributed by atoms with Crippen LogP contribution in [0.2, 0.25) is 0 Å². The van der Waals surface area contributed by atoms with Crippen molar-refractivity contribution in [3.63, 3.8) is 0 Å². The molecule has 110 valence electrons. The minimum Gasteiger partial charge on any atom is -0.508 e. The van der Waals surface area contributed by atoms with E-state index in [-0.39, 0.29) is 29.3 Å². The fourth-order valence-electron chi connectivity index (χ4n) is 2.41. The first-order valence-electron chi connectivity index (χ1n) is 6.52. The molecule has 0 bridgehead atoms. The molecule has 2 N–H and O–H groups in total. The van der Waals surface area contributed by atoms with Crippen LogP contribution < -0.4 is 14.9 Å². The van der Waals surface area contributed by atoms with Gasteiger partial charge in [-0.1, -0.05) is 0 Å². The molecule has 1 aliphatic rings. The Hall–Kier alpha value is -3.15. The van der Waals surface area contributed by atoms with E-state index in [9.17, 15) is 15.0 Å². The Morgan fingerprint density at radius 1 is 0.955 bits per heavy atom. The number of hydrogen-bond donors (Lipinski definition) is 2. The molecular formula is C16H10O6. The maximum Gasteiger partial charge on any atom is 0.235 e. The summed E-state index contributed by atoms with van der Waals surface area (Å²) in [6.07, 6.45) is 0. The van der Waals surface area contributed by atoms with E-state index in [1.165, 1.54) is 18.2 Å². The lowest BCUT2D eigenvalue weighted by Crippen LogP contribution is -2.02. The van der Waals surface area contributed by atoms with Crippen molar-refractivity contribution in [2.45, 2.75) is 0 Å². The van der Waals surface area contributed by atoms with Gasteiger partial charge in [-0.25, -0.2) is 0 Å². The average Bonchev–Trinajstić information content (AvgIpc) is 2.98. The molecule has 0 amide bonds. The van der Waals surface area contributed by atoms with Gasteiger partial charge < -0.3 is 24.1 Å². The molecule has 0 fully saturated rings. The van der Waals surface area contributed by atoms with Gasteiger partial charge in [0.1, 0.15) is 11.3 Å². The van der Waals surface area contributed by atoms with Crippen LogP contribution in [0.15, 0.2) is 45.6 Å². The van der Waals surface area contributed by atoms with Gasteiger partial charge in [-0.05, 0) is 30.3 Å². The number of phenols is 1. The van der Waals surface area contributed by atoms with Gasteiger partial charge in [0.05, 0.1) is 5.39 Å². The lowest BCUT2D eigenvalue weighted by molar-refractivity contribution is 0.174. The van der Waals surface area contributed by atoms with Gasteiger partial charge in [-0.2, -0.15) is 0 Å². The molecule has 6 nitrogen and oxygen atoms in total. The van der Waals surface area contributed by atoms with Crippen LogP contribution in [0.5, 0.6) is 23.0 Å². The molecule has 22 heavy (non-hydrogen) atoms. The summed E-state index contributed by atoms with van der Waals surface area (Å²) in [7, 11) is 0. The van der Waals surface area contributed by atoms with Crippen molar-refractivity contribution in [1.29, 1.82) is 0 Å². The Morgan fingerprint density at radius 3 is 2.64 bits per heavy atom. The summed E-state index contributed by atoms with van der Waals surface area (Å²) in [6, 6.07) is 9.03. The summed E-state index contributed by atoms with van der Waals surface area (Å²) < 4.78 is 16.1. The standard InChI is InChI=1S/C16H10O6/c17-9-2-3-10-12(6-9)22-16(15(19)14(10)18)8-1-4-11-13(5-8)21-7-20-11/h1-6,17,19H,7H2. The quantitative estimate of drug-likeness (QED) is 0.718. The lowest BCUT2D eigenvalue weighted by atomic mass is 10.1. The first kappa shape index (κ1) is 12.6. The number of ether oxygens (including phenoxy) is 2. The Bertz CT molecular complexity index is 957. The topological polar surface area (TPSA) is 89.1 Å². The number of rotatable bonds is 1. The minimum atomic E-state index is -0.561. The summed E-state index contributed by atoms with van der Waals surface area (Å²) in [5.74, 6) is 0.594. The number of fused-ring (bicyclic) bond motifs is 2. The third-order valence-electron chi connectivity index (χ3n) is 3.49. The summed E-state index contributed by atoms with van der Waals surface area (Å²) in [5, 5.41) is 19.8. The van der Waals surface area contributed by atoms with E-state index < -0.39 is 11.2 Å². The predicted molar refractivity (Wildman–Crippen MR) is 77.4 cm³/mol. The normalized spacial score (nSPS) is 12.7. The van der Waals surface area contributed by atoms with Crippen molar-refractivity contribution in [3.8, 4) is 34.3 Å². The van der Waals surface area contributed by atoms with Crippen LogP contribution in [0, 0.1) is 0 Å². The van der Waals surface area contributed by atoms with Crippen molar-refractivity contribution in [3.05, 3.63) is 46.6 Å². The molecule has 0 spiro atoms. The van der Waals surface area contributed by atoms with Crippen molar-refractivity contribution in [1.82, 2.24) is 0 Å². The highest BCUT2D eigenvalue weighted by molar-refractivity contribution is 5.83. The van der Waals surface area contributed by atoms with Gasteiger partial charge in [0.2, 0.25) is 18.0 Å². The number of benzene rings is 2. The fraction of sp³-hybridized carbons (Fsp3) is 0.0625. The van der Waals surface area contributed by atoms with Crippen LogP contribution in [-0.2, 0) is 0 Å². The van der Waals surface area contributed by atoms with Crippen molar-refractivity contribution < 1.29 is 24.1 Å². The molecular weight excluding hydrogens is 288 g/mol. The maximum absolute atomic E-state index is 12.2. The number of aromatic hydroxyl groups is 2. The molecule has 0 aliphatic carbocycles. The molecule has 0 saturated carbocycles. The van der Waals surface area contributed by atoms with Crippen molar-refractivity contribution in [2.24, 2.45) is 0 Å². The van der Waals surface area contributed by atoms with Gasteiger partial charge in [0.25, 0.3) is 0 Å². The second-order valence-electron chi connectivity index (χ2n) is 4.86. The van der Waals surface area contributed by atoms with E-state index in [0.29, 0.717) is 17.1 Å². The smallest absolute Gasteiger partial charge is 0.235 e. The number of hydrogen-bond acceptors (Lipinski definition) is 6. The van der Waals surface area contributed by atoms with E-state index in [1.54, 1.807) is 18.2 Å². The fourth-order valence-corrected chi connectivity index (χ4v) is 2.41. The highest BCUT2D eigenvalue weighted by atomic mass is 16.7. The van der Waals surface area contributed by atoms with Crippen LogP contribution in [0.3, 0.4) is 0 Å². The van der Waals surface area contributed by atoms with Crippen molar-refractivity contribution >= 4 is 11.0 Å². The molecule has 2 heterocycles. The van der Waals surface area contributed by atoms with Crippen LogP contribution >= 0.6 is 0 Å². The largest absolute Gasteiger partial charge is 0.508 e. The minimum absolute atomic E-state index is 0.0152.